The molecule has 2 heterocycles. The molecule has 0 unspecified atom stereocenters. The van der Waals surface area contributed by atoms with Gasteiger partial charge in [0, 0.05) is 12.1 Å². The van der Waals surface area contributed by atoms with Gasteiger partial charge in [-0.05, 0) is 43.7 Å². The second kappa shape index (κ2) is 9.45. The van der Waals surface area contributed by atoms with Gasteiger partial charge in [0.15, 0.2) is 11.5 Å². The number of aromatic hydroxyl groups is 1. The number of phenolic OH excluding ortho intramolecular Hbond substituents is 1. The second-order valence-corrected chi connectivity index (χ2v) is 7.79. The Balaban J connectivity index is 0.000000407. The smallest absolute Gasteiger partial charge is 0.158 e. The van der Waals surface area contributed by atoms with Crippen LogP contribution in [0.25, 0.3) is 11.3 Å². The number of hydrogen-bond donors (Lipinski definition) is 4. The molecule has 31 heavy (non-hydrogen) atoms. The van der Waals surface area contributed by atoms with Gasteiger partial charge >= 0.3 is 0 Å². The molecule has 2 saturated carbocycles. The maximum atomic E-state index is 10.3. The zero-order valence-electron chi connectivity index (χ0n) is 17.1. The van der Waals surface area contributed by atoms with Crippen molar-refractivity contribution in [1.82, 2.24) is 20.2 Å². The van der Waals surface area contributed by atoms with Gasteiger partial charge in [-0.1, -0.05) is 12.5 Å². The van der Waals surface area contributed by atoms with Gasteiger partial charge in [0.2, 0.25) is 0 Å². The lowest BCUT2D eigenvalue weighted by Gasteiger charge is -2.18. The molecule has 9 nitrogen and oxygen atoms in total. The molecule has 0 bridgehead atoms. The Bertz CT molecular complexity index is 1050. The van der Waals surface area contributed by atoms with Gasteiger partial charge < -0.3 is 20.9 Å². The molecule has 2 aliphatic rings. The van der Waals surface area contributed by atoms with Gasteiger partial charge in [-0.15, -0.1) is 0 Å². The van der Waals surface area contributed by atoms with Crippen molar-refractivity contribution in [3.8, 4) is 28.8 Å². The number of nitrogens with zero attached hydrogens (tertiary/aromatic N) is 4. The predicted octanol–water partition coefficient (Wildman–Crippen LogP) is 3.47. The largest absolute Gasteiger partial charge is 0.507 e. The first-order valence-corrected chi connectivity index (χ1v) is 10.4. The van der Waals surface area contributed by atoms with Crippen LogP contribution in [-0.2, 0) is 0 Å². The Hall–Kier alpha value is -3.64. The fourth-order valence-corrected chi connectivity index (χ4v) is 2.94. The SMILES string of the molecule is N#Cc1cnc(Nc2cc(-c3c(O)cccc3OCC3CC3)[nH]n2)cn1.NC1CCC1. The summed E-state index contributed by atoms with van der Waals surface area (Å²) in [6, 6.07) is 9.42. The average molecular weight is 419 g/mol. The van der Waals surface area contributed by atoms with Crippen LogP contribution in [0.2, 0.25) is 0 Å². The number of nitrogens with one attached hydrogen (secondary N) is 2. The van der Waals surface area contributed by atoms with Gasteiger partial charge in [0.25, 0.3) is 0 Å². The van der Waals surface area contributed by atoms with Crippen molar-refractivity contribution in [2.45, 2.75) is 38.1 Å². The molecule has 2 aliphatic carbocycles. The van der Waals surface area contributed by atoms with Gasteiger partial charge in [0.1, 0.15) is 23.4 Å². The van der Waals surface area contributed by atoms with E-state index in [2.05, 4.69) is 25.5 Å². The number of hydrogen-bond acceptors (Lipinski definition) is 8. The predicted molar refractivity (Wildman–Crippen MR) is 116 cm³/mol. The molecule has 0 spiro atoms. The molecule has 3 aromatic rings. The van der Waals surface area contributed by atoms with Crippen LogP contribution < -0.4 is 15.8 Å². The molecular weight excluding hydrogens is 394 g/mol. The molecular formula is C22H25N7O2. The highest BCUT2D eigenvalue weighted by Gasteiger charge is 2.23. The summed E-state index contributed by atoms with van der Waals surface area (Å²) in [6.45, 7) is 0.649. The summed E-state index contributed by atoms with van der Waals surface area (Å²) in [4.78, 5) is 8.04. The Morgan fingerprint density at radius 3 is 2.61 bits per heavy atom. The van der Waals surface area contributed by atoms with Crippen molar-refractivity contribution in [2.24, 2.45) is 11.7 Å². The third-order valence-corrected chi connectivity index (χ3v) is 5.20. The number of rotatable bonds is 6. The van der Waals surface area contributed by atoms with Crippen LogP contribution in [0.3, 0.4) is 0 Å². The van der Waals surface area contributed by atoms with E-state index in [9.17, 15) is 5.11 Å². The summed E-state index contributed by atoms with van der Waals surface area (Å²) in [7, 11) is 0. The fourth-order valence-electron chi connectivity index (χ4n) is 2.94. The Morgan fingerprint density at radius 1 is 1.19 bits per heavy atom. The molecule has 0 atom stereocenters. The van der Waals surface area contributed by atoms with Gasteiger partial charge in [0.05, 0.1) is 30.3 Å². The maximum absolute atomic E-state index is 10.3. The van der Waals surface area contributed by atoms with Crippen LogP contribution in [0.4, 0.5) is 11.6 Å². The molecule has 5 N–H and O–H groups in total. The van der Waals surface area contributed by atoms with E-state index in [4.69, 9.17) is 15.7 Å². The molecule has 9 heteroatoms. The minimum absolute atomic E-state index is 0.117. The Morgan fingerprint density at radius 2 is 2.00 bits per heavy atom. The number of aromatic amines is 1. The minimum Gasteiger partial charge on any atom is -0.507 e. The summed E-state index contributed by atoms with van der Waals surface area (Å²) < 4.78 is 5.87. The lowest BCUT2D eigenvalue weighted by molar-refractivity contribution is 0.299. The van der Waals surface area contributed by atoms with Crippen molar-refractivity contribution in [3.63, 3.8) is 0 Å². The number of nitrogens with two attached hydrogens (primary N) is 1. The van der Waals surface area contributed by atoms with Crippen molar-refractivity contribution in [2.75, 3.05) is 11.9 Å². The Kier molecular flexibility index (Phi) is 6.29. The summed E-state index contributed by atoms with van der Waals surface area (Å²) in [5.74, 6) is 2.32. The van der Waals surface area contributed by atoms with Crippen molar-refractivity contribution in [3.05, 3.63) is 42.4 Å². The molecule has 2 fully saturated rings. The van der Waals surface area contributed by atoms with Crippen LogP contribution in [-0.4, -0.2) is 37.9 Å². The third kappa shape index (κ3) is 5.49. The summed E-state index contributed by atoms with van der Waals surface area (Å²) in [6.07, 6.45) is 9.11. The highest BCUT2D eigenvalue weighted by molar-refractivity contribution is 5.76. The summed E-state index contributed by atoms with van der Waals surface area (Å²) in [5.41, 5.74) is 6.81. The van der Waals surface area contributed by atoms with Crippen LogP contribution in [0.5, 0.6) is 11.5 Å². The summed E-state index contributed by atoms with van der Waals surface area (Å²) >= 11 is 0. The fraction of sp³-hybridized carbons (Fsp3) is 0.364. The number of phenols is 1. The lowest BCUT2D eigenvalue weighted by Crippen LogP contribution is -2.27. The van der Waals surface area contributed by atoms with E-state index in [1.165, 1.54) is 44.5 Å². The van der Waals surface area contributed by atoms with E-state index >= 15 is 0 Å². The van der Waals surface area contributed by atoms with Crippen molar-refractivity contribution >= 4 is 11.6 Å². The molecule has 0 radical (unpaired) electrons. The van der Waals surface area contributed by atoms with E-state index in [-0.39, 0.29) is 11.4 Å². The highest BCUT2D eigenvalue weighted by Crippen LogP contribution is 2.39. The van der Waals surface area contributed by atoms with Gasteiger partial charge in [-0.3, -0.25) is 5.10 Å². The van der Waals surface area contributed by atoms with E-state index < -0.39 is 0 Å². The monoisotopic (exact) mass is 419 g/mol. The number of anilines is 2. The number of aromatic nitrogens is 4. The van der Waals surface area contributed by atoms with Crippen molar-refractivity contribution < 1.29 is 9.84 Å². The first-order chi connectivity index (χ1) is 15.1. The quantitative estimate of drug-likeness (QED) is 0.475. The first-order valence-electron chi connectivity index (χ1n) is 10.4. The molecule has 1 aromatic carbocycles. The van der Waals surface area contributed by atoms with Crippen LogP contribution >= 0.6 is 0 Å². The molecule has 2 aromatic heterocycles. The lowest BCUT2D eigenvalue weighted by atomic mass is 9.95. The molecule has 160 valence electrons. The number of ether oxygens (including phenoxy) is 1. The second-order valence-electron chi connectivity index (χ2n) is 7.79. The topological polar surface area (TPSA) is 146 Å². The molecule has 0 saturated heterocycles. The highest BCUT2D eigenvalue weighted by atomic mass is 16.5. The van der Waals surface area contributed by atoms with E-state index in [0.29, 0.717) is 47.2 Å². The molecule has 5 rings (SSSR count). The summed E-state index contributed by atoms with van der Waals surface area (Å²) in [5, 5.41) is 29.1. The molecule has 0 aliphatic heterocycles. The Labute approximate surface area is 180 Å². The first kappa shape index (κ1) is 20.6. The van der Waals surface area contributed by atoms with Crippen LogP contribution in [0.15, 0.2) is 36.7 Å². The maximum Gasteiger partial charge on any atom is 0.158 e. The van der Waals surface area contributed by atoms with Crippen LogP contribution in [0.1, 0.15) is 37.8 Å². The number of benzene rings is 1. The zero-order chi connectivity index (χ0) is 21.6. The van der Waals surface area contributed by atoms with Gasteiger partial charge in [-0.2, -0.15) is 10.4 Å². The van der Waals surface area contributed by atoms with Crippen molar-refractivity contribution in [1.29, 1.82) is 5.26 Å². The van der Waals surface area contributed by atoms with E-state index in [1.807, 2.05) is 12.1 Å². The average Bonchev–Trinajstić information content (AvgIpc) is 3.49. The van der Waals surface area contributed by atoms with E-state index in [0.717, 1.165) is 0 Å². The van der Waals surface area contributed by atoms with E-state index in [1.54, 1.807) is 18.2 Å². The zero-order valence-corrected chi connectivity index (χ0v) is 17.1. The third-order valence-electron chi connectivity index (χ3n) is 5.20. The normalized spacial score (nSPS) is 15.2. The molecule has 0 amide bonds. The number of H-pyrrole nitrogens is 1. The standard InChI is InChI=1S/C18H16N6O2.C4H9N/c19-7-12-8-21-17(9-20-12)22-16-6-13(23-24-16)18-14(25)2-1-3-15(18)26-10-11-4-5-11;5-4-2-1-3-4/h1-3,6,8-9,11,25H,4-5,10H2,(H2,21,22,23,24);4H,1-3,5H2. The number of nitriles is 1. The minimum atomic E-state index is 0.117. The van der Waals surface area contributed by atoms with Crippen LogP contribution in [0, 0.1) is 17.2 Å². The van der Waals surface area contributed by atoms with Gasteiger partial charge in [-0.25, -0.2) is 9.97 Å².